The average Bonchev–Trinajstić information content (AvgIpc) is 3.17. The largest absolute Gasteiger partial charge is 0.352 e. The van der Waals surface area contributed by atoms with Gasteiger partial charge in [0, 0.05) is 22.2 Å². The Labute approximate surface area is 169 Å². The predicted molar refractivity (Wildman–Crippen MR) is 108 cm³/mol. The number of hydrazone groups is 1. The Morgan fingerprint density at radius 1 is 1.14 bits per heavy atom. The van der Waals surface area contributed by atoms with Crippen LogP contribution in [0.1, 0.15) is 36.8 Å². The Balaban J connectivity index is 1.72. The number of benzene rings is 2. The summed E-state index contributed by atoms with van der Waals surface area (Å²) in [6.07, 6.45) is 4.02. The standard InChI is InChI=1S/C20H20ClN3O3S/c21-15-10-11-18-17(12-15)20(14-6-2-1-3-7-14)23-24(28(18,26)27)13-19(25)22-16-8-4-5-9-16/h1-3,6-7,10-12,16H,4-5,8-9,13H2,(H,22,25). The van der Waals surface area contributed by atoms with Crippen LogP contribution in [-0.4, -0.2) is 37.0 Å². The van der Waals surface area contributed by atoms with Crippen LogP contribution >= 0.6 is 11.6 Å². The Morgan fingerprint density at radius 2 is 1.86 bits per heavy atom. The van der Waals surface area contributed by atoms with Gasteiger partial charge in [0.25, 0.3) is 10.0 Å². The van der Waals surface area contributed by atoms with Crippen molar-refractivity contribution in [2.24, 2.45) is 5.10 Å². The van der Waals surface area contributed by atoms with Gasteiger partial charge in [0.05, 0.1) is 4.90 Å². The van der Waals surface area contributed by atoms with E-state index >= 15 is 0 Å². The van der Waals surface area contributed by atoms with Crippen molar-refractivity contribution in [1.82, 2.24) is 9.73 Å². The zero-order chi connectivity index (χ0) is 19.7. The average molecular weight is 418 g/mol. The maximum Gasteiger partial charge on any atom is 0.280 e. The molecule has 1 fully saturated rings. The molecule has 2 aromatic carbocycles. The summed E-state index contributed by atoms with van der Waals surface area (Å²) in [6, 6.07) is 14.0. The minimum absolute atomic E-state index is 0.0967. The second-order valence-electron chi connectivity index (χ2n) is 6.99. The Kier molecular flexibility index (Phi) is 5.12. The van der Waals surface area contributed by atoms with Gasteiger partial charge in [-0.2, -0.15) is 17.9 Å². The van der Waals surface area contributed by atoms with E-state index in [-0.39, 0.29) is 23.4 Å². The van der Waals surface area contributed by atoms with Crippen LogP contribution in [0.5, 0.6) is 0 Å². The van der Waals surface area contributed by atoms with Crippen LogP contribution in [0.15, 0.2) is 58.5 Å². The molecule has 1 saturated carbocycles. The number of hydrogen-bond acceptors (Lipinski definition) is 4. The highest BCUT2D eigenvalue weighted by atomic mass is 35.5. The lowest BCUT2D eigenvalue weighted by Crippen LogP contribution is -2.43. The zero-order valence-corrected chi connectivity index (χ0v) is 16.7. The molecule has 6 nitrogen and oxygen atoms in total. The van der Waals surface area contributed by atoms with Crippen molar-refractivity contribution in [2.45, 2.75) is 36.6 Å². The number of nitrogens with zero attached hydrogens (tertiary/aromatic N) is 2. The van der Waals surface area contributed by atoms with Gasteiger partial charge in [0.2, 0.25) is 5.91 Å². The smallest absolute Gasteiger partial charge is 0.280 e. The van der Waals surface area contributed by atoms with Gasteiger partial charge < -0.3 is 5.32 Å². The number of nitrogens with one attached hydrogen (secondary N) is 1. The molecular formula is C20H20ClN3O3S. The second kappa shape index (κ2) is 7.56. The third kappa shape index (κ3) is 3.64. The Morgan fingerprint density at radius 3 is 2.57 bits per heavy atom. The highest BCUT2D eigenvalue weighted by Crippen LogP contribution is 2.31. The van der Waals surface area contributed by atoms with Crippen molar-refractivity contribution < 1.29 is 13.2 Å². The molecule has 1 aliphatic heterocycles. The third-order valence-corrected chi connectivity index (χ3v) is 6.92. The topological polar surface area (TPSA) is 78.8 Å². The fourth-order valence-corrected chi connectivity index (χ4v) is 5.19. The molecule has 1 amide bonds. The van der Waals surface area contributed by atoms with Gasteiger partial charge in [-0.3, -0.25) is 4.79 Å². The molecular weight excluding hydrogens is 398 g/mol. The summed E-state index contributed by atoms with van der Waals surface area (Å²) in [6.45, 7) is -0.350. The van der Waals surface area contributed by atoms with E-state index in [0.29, 0.717) is 16.3 Å². The molecule has 28 heavy (non-hydrogen) atoms. The van der Waals surface area contributed by atoms with E-state index in [1.54, 1.807) is 6.07 Å². The molecule has 0 atom stereocenters. The summed E-state index contributed by atoms with van der Waals surface area (Å²) < 4.78 is 27.0. The van der Waals surface area contributed by atoms with Crippen LogP contribution in [0.2, 0.25) is 5.02 Å². The molecule has 1 N–H and O–H groups in total. The lowest BCUT2D eigenvalue weighted by atomic mass is 10.0. The van der Waals surface area contributed by atoms with Crippen LogP contribution in [0, 0.1) is 0 Å². The molecule has 4 rings (SSSR count). The van der Waals surface area contributed by atoms with Crippen molar-refractivity contribution in [3.63, 3.8) is 0 Å². The monoisotopic (exact) mass is 417 g/mol. The van der Waals surface area contributed by atoms with E-state index in [1.807, 2.05) is 30.3 Å². The quantitative estimate of drug-likeness (QED) is 0.829. The summed E-state index contributed by atoms with van der Waals surface area (Å²) >= 11 is 6.11. The van der Waals surface area contributed by atoms with Gasteiger partial charge in [0.15, 0.2) is 0 Å². The van der Waals surface area contributed by atoms with E-state index in [4.69, 9.17) is 11.6 Å². The zero-order valence-electron chi connectivity index (χ0n) is 15.1. The number of halogens is 1. The molecule has 0 saturated heterocycles. The number of rotatable bonds is 4. The lowest BCUT2D eigenvalue weighted by molar-refractivity contribution is -0.122. The van der Waals surface area contributed by atoms with Gasteiger partial charge in [-0.05, 0) is 31.0 Å². The molecule has 2 aliphatic rings. The summed E-state index contributed by atoms with van der Waals surface area (Å²) in [7, 11) is -3.94. The summed E-state index contributed by atoms with van der Waals surface area (Å²) in [5, 5.41) is 7.68. The minimum Gasteiger partial charge on any atom is -0.352 e. The number of carbonyl (C=O) groups is 1. The van der Waals surface area contributed by atoms with Gasteiger partial charge in [0.1, 0.15) is 12.3 Å². The molecule has 146 valence electrons. The van der Waals surface area contributed by atoms with Crippen LogP contribution in [0.25, 0.3) is 0 Å². The van der Waals surface area contributed by atoms with Crippen LogP contribution in [-0.2, 0) is 14.8 Å². The molecule has 0 bridgehead atoms. The number of fused-ring (bicyclic) bond motifs is 1. The van der Waals surface area contributed by atoms with E-state index in [2.05, 4.69) is 10.4 Å². The second-order valence-corrected chi connectivity index (χ2v) is 9.24. The van der Waals surface area contributed by atoms with Crippen LogP contribution < -0.4 is 5.32 Å². The first-order chi connectivity index (χ1) is 13.4. The first-order valence-electron chi connectivity index (χ1n) is 9.21. The summed E-state index contributed by atoms with van der Waals surface area (Å²) in [5.41, 5.74) is 1.66. The van der Waals surface area contributed by atoms with E-state index in [9.17, 15) is 13.2 Å². The maximum absolute atomic E-state index is 13.1. The van der Waals surface area contributed by atoms with Crippen molar-refractivity contribution in [3.05, 3.63) is 64.7 Å². The SMILES string of the molecule is O=C(CN1N=C(c2ccccc2)c2cc(Cl)ccc2S1(=O)=O)NC1CCCC1. The molecule has 1 heterocycles. The molecule has 0 aromatic heterocycles. The highest BCUT2D eigenvalue weighted by molar-refractivity contribution is 7.89. The van der Waals surface area contributed by atoms with E-state index in [0.717, 1.165) is 35.7 Å². The molecule has 0 unspecified atom stereocenters. The predicted octanol–water partition coefficient (Wildman–Crippen LogP) is 3.16. The van der Waals surface area contributed by atoms with Crippen molar-refractivity contribution in [1.29, 1.82) is 0 Å². The van der Waals surface area contributed by atoms with Gasteiger partial charge in [-0.25, -0.2) is 0 Å². The molecule has 1 aliphatic carbocycles. The molecule has 8 heteroatoms. The third-order valence-electron chi connectivity index (χ3n) is 5.01. The first-order valence-corrected chi connectivity index (χ1v) is 11.0. The van der Waals surface area contributed by atoms with Gasteiger partial charge in [-0.1, -0.05) is 54.8 Å². The number of carbonyl (C=O) groups excluding carboxylic acids is 1. The van der Waals surface area contributed by atoms with E-state index in [1.165, 1.54) is 12.1 Å². The van der Waals surface area contributed by atoms with Crippen molar-refractivity contribution >= 4 is 33.2 Å². The number of sulfonamides is 1. The van der Waals surface area contributed by atoms with Gasteiger partial charge in [-0.15, -0.1) is 0 Å². The molecule has 0 spiro atoms. The van der Waals surface area contributed by atoms with Crippen LogP contribution in [0.3, 0.4) is 0 Å². The Hall–Kier alpha value is -2.38. The summed E-state index contributed by atoms with van der Waals surface area (Å²) in [5.74, 6) is -0.343. The fourth-order valence-electron chi connectivity index (χ4n) is 3.64. The fraction of sp³-hybridized carbons (Fsp3) is 0.300. The van der Waals surface area contributed by atoms with Gasteiger partial charge >= 0.3 is 0 Å². The first kappa shape index (κ1) is 19.0. The lowest BCUT2D eigenvalue weighted by Gasteiger charge is -2.27. The highest BCUT2D eigenvalue weighted by Gasteiger charge is 2.35. The molecule has 0 radical (unpaired) electrons. The van der Waals surface area contributed by atoms with Crippen molar-refractivity contribution in [3.8, 4) is 0 Å². The maximum atomic E-state index is 13.1. The minimum atomic E-state index is -3.94. The normalized spacial score (nSPS) is 18.5. The van der Waals surface area contributed by atoms with Crippen molar-refractivity contribution in [2.75, 3.05) is 6.54 Å². The summed E-state index contributed by atoms with van der Waals surface area (Å²) in [4.78, 5) is 12.6. The molecule has 2 aromatic rings. The van der Waals surface area contributed by atoms with E-state index < -0.39 is 10.0 Å². The number of amides is 1. The number of hydrogen-bond donors (Lipinski definition) is 1. The van der Waals surface area contributed by atoms with Crippen LogP contribution in [0.4, 0.5) is 0 Å². The Bertz CT molecular complexity index is 1030.